The van der Waals surface area contributed by atoms with Gasteiger partial charge in [0.05, 0.1) is 6.10 Å². The number of allylic oxidation sites excluding steroid dienone is 2. The van der Waals surface area contributed by atoms with E-state index < -0.39 is 23.9 Å². The van der Waals surface area contributed by atoms with Crippen LogP contribution in [0.2, 0.25) is 0 Å². The van der Waals surface area contributed by atoms with Crippen LogP contribution >= 0.6 is 0 Å². The molecule has 142 valence electrons. The normalized spacial score (nSPS) is 23.8. The average molecular weight is 362 g/mol. The quantitative estimate of drug-likeness (QED) is 0.664. The van der Waals surface area contributed by atoms with Gasteiger partial charge in [0, 0.05) is 18.9 Å². The van der Waals surface area contributed by atoms with Crippen LogP contribution in [-0.2, 0) is 16.0 Å². The summed E-state index contributed by atoms with van der Waals surface area (Å²) in [4.78, 5) is 24.8. The first kappa shape index (κ1) is 20.0. The number of aromatic hydroxyl groups is 2. The minimum Gasteiger partial charge on any atom is -0.508 e. The number of rotatable bonds is 1. The Morgan fingerprint density at radius 1 is 1.19 bits per heavy atom. The Bertz CT molecular complexity index is 692. The molecule has 0 aliphatic carbocycles. The highest BCUT2D eigenvalue weighted by molar-refractivity contribution is 5.98. The van der Waals surface area contributed by atoms with Gasteiger partial charge in [-0.15, -0.1) is 0 Å². The van der Waals surface area contributed by atoms with E-state index in [2.05, 4.69) is 0 Å². The maximum atomic E-state index is 12.7. The summed E-state index contributed by atoms with van der Waals surface area (Å²) in [7, 11) is 0. The van der Waals surface area contributed by atoms with E-state index in [1.54, 1.807) is 6.08 Å². The largest absolute Gasteiger partial charge is 0.508 e. The van der Waals surface area contributed by atoms with Crippen LogP contribution < -0.4 is 0 Å². The second kappa shape index (κ2) is 8.85. The Kier molecular flexibility index (Phi) is 6.80. The van der Waals surface area contributed by atoms with E-state index in [9.17, 15) is 24.9 Å². The third-order valence-electron chi connectivity index (χ3n) is 4.47. The van der Waals surface area contributed by atoms with E-state index in [1.165, 1.54) is 12.1 Å². The molecule has 1 aliphatic heterocycles. The fourth-order valence-electron chi connectivity index (χ4n) is 3.02. The highest BCUT2D eigenvalue weighted by atomic mass is 16.5. The zero-order valence-corrected chi connectivity index (χ0v) is 15.1. The van der Waals surface area contributed by atoms with Crippen molar-refractivity contribution in [3.05, 3.63) is 35.4 Å². The van der Waals surface area contributed by atoms with Crippen LogP contribution in [0.3, 0.4) is 0 Å². The fourth-order valence-corrected chi connectivity index (χ4v) is 3.02. The molecule has 1 aliphatic rings. The standard InChI is InChI=1S/C20H26O6/c1-12(2)18-11-15(22)7-5-3-4-6-14(21)8-13-9-16(23)10-17(24)19(13)20(25)26-18/h4,6,9-10,12,15,18,22-24H,3,5,7-8,11H2,1-2H3/b6-4+/t15-,18-/m0/s1. The van der Waals surface area contributed by atoms with E-state index in [0.717, 1.165) is 12.5 Å². The topological polar surface area (TPSA) is 104 Å². The van der Waals surface area contributed by atoms with Gasteiger partial charge in [-0.05, 0) is 42.9 Å². The van der Waals surface area contributed by atoms with Crippen LogP contribution in [0.15, 0.2) is 24.3 Å². The van der Waals surface area contributed by atoms with Gasteiger partial charge in [0.1, 0.15) is 23.2 Å². The number of fused-ring (bicyclic) bond motifs is 1. The average Bonchev–Trinajstić information content (AvgIpc) is 2.52. The lowest BCUT2D eigenvalue weighted by Gasteiger charge is -2.25. The summed E-state index contributed by atoms with van der Waals surface area (Å²) >= 11 is 0. The van der Waals surface area contributed by atoms with Crippen molar-refractivity contribution in [2.45, 2.75) is 58.2 Å². The van der Waals surface area contributed by atoms with Crippen LogP contribution in [0.4, 0.5) is 0 Å². The van der Waals surface area contributed by atoms with Crippen molar-refractivity contribution in [1.82, 2.24) is 0 Å². The van der Waals surface area contributed by atoms with Gasteiger partial charge in [-0.25, -0.2) is 4.79 Å². The van der Waals surface area contributed by atoms with Gasteiger partial charge in [0.25, 0.3) is 0 Å². The molecule has 0 saturated carbocycles. The molecule has 0 spiro atoms. The fraction of sp³-hybridized carbons (Fsp3) is 0.500. The first-order valence-electron chi connectivity index (χ1n) is 8.91. The zero-order chi connectivity index (χ0) is 19.3. The van der Waals surface area contributed by atoms with Crippen molar-refractivity contribution in [3.8, 4) is 11.5 Å². The summed E-state index contributed by atoms with van der Waals surface area (Å²) in [6.07, 6.45) is 4.14. The maximum absolute atomic E-state index is 12.7. The van der Waals surface area contributed by atoms with Crippen molar-refractivity contribution >= 4 is 11.8 Å². The molecular formula is C20H26O6. The Morgan fingerprint density at radius 2 is 1.92 bits per heavy atom. The number of cyclic esters (lactones) is 1. The highest BCUT2D eigenvalue weighted by Crippen LogP contribution is 2.30. The van der Waals surface area contributed by atoms with Gasteiger partial charge < -0.3 is 20.1 Å². The number of ketones is 1. The summed E-state index contributed by atoms with van der Waals surface area (Å²) in [6.45, 7) is 3.77. The molecule has 6 nitrogen and oxygen atoms in total. The molecule has 3 N–H and O–H groups in total. The van der Waals surface area contributed by atoms with E-state index >= 15 is 0 Å². The SMILES string of the molecule is CC(C)[C@@H]1C[C@@H](O)CCC/C=C/C(=O)Cc2cc(O)cc(O)c2C(=O)O1. The maximum Gasteiger partial charge on any atom is 0.342 e. The number of aliphatic hydroxyl groups excluding tert-OH is 1. The second-order valence-corrected chi connectivity index (χ2v) is 7.05. The van der Waals surface area contributed by atoms with Gasteiger partial charge in [-0.2, -0.15) is 0 Å². The molecule has 0 fully saturated rings. The van der Waals surface area contributed by atoms with Crippen LogP contribution in [0, 0.1) is 5.92 Å². The zero-order valence-electron chi connectivity index (χ0n) is 15.1. The molecular weight excluding hydrogens is 336 g/mol. The van der Waals surface area contributed by atoms with Crippen LogP contribution in [-0.4, -0.2) is 39.3 Å². The molecule has 26 heavy (non-hydrogen) atoms. The third kappa shape index (κ3) is 5.33. The molecule has 0 radical (unpaired) electrons. The summed E-state index contributed by atoms with van der Waals surface area (Å²) in [6, 6.07) is 2.33. The van der Waals surface area contributed by atoms with Gasteiger partial charge in [-0.1, -0.05) is 19.9 Å². The second-order valence-electron chi connectivity index (χ2n) is 7.05. The number of phenolic OH excluding ortho intramolecular Hbond substituents is 2. The van der Waals surface area contributed by atoms with E-state index in [1.807, 2.05) is 13.8 Å². The Balaban J connectivity index is 2.42. The smallest absolute Gasteiger partial charge is 0.342 e. The minimum atomic E-state index is -0.766. The highest BCUT2D eigenvalue weighted by Gasteiger charge is 2.27. The van der Waals surface area contributed by atoms with Crippen molar-refractivity contribution in [2.75, 3.05) is 0 Å². The number of aliphatic hydroxyl groups is 1. The van der Waals surface area contributed by atoms with Crippen LogP contribution in [0.1, 0.15) is 55.5 Å². The Morgan fingerprint density at radius 3 is 2.62 bits per heavy atom. The van der Waals surface area contributed by atoms with Crippen molar-refractivity contribution in [3.63, 3.8) is 0 Å². The van der Waals surface area contributed by atoms with E-state index in [4.69, 9.17) is 4.74 Å². The summed E-state index contributed by atoms with van der Waals surface area (Å²) in [5.41, 5.74) is 0.0870. The molecule has 0 saturated heterocycles. The predicted octanol–water partition coefficient (Wildman–Crippen LogP) is 2.88. The molecule has 0 bridgehead atoms. The van der Waals surface area contributed by atoms with Gasteiger partial charge >= 0.3 is 5.97 Å². The van der Waals surface area contributed by atoms with Gasteiger partial charge in [-0.3, -0.25) is 4.79 Å². The minimum absolute atomic E-state index is 0.0225. The monoisotopic (exact) mass is 362 g/mol. The molecule has 0 unspecified atom stereocenters. The van der Waals surface area contributed by atoms with E-state index in [-0.39, 0.29) is 35.0 Å². The van der Waals surface area contributed by atoms with E-state index in [0.29, 0.717) is 19.3 Å². The lowest BCUT2D eigenvalue weighted by Crippen LogP contribution is -2.29. The Hall–Kier alpha value is -2.34. The molecule has 1 heterocycles. The van der Waals surface area contributed by atoms with Crippen molar-refractivity contribution in [2.24, 2.45) is 5.92 Å². The number of carbonyl (C=O) groups excluding carboxylic acids is 2. The summed E-state index contributed by atoms with van der Waals surface area (Å²) in [5, 5.41) is 30.0. The number of ether oxygens (including phenoxy) is 1. The summed E-state index contributed by atoms with van der Waals surface area (Å²) in [5.74, 6) is -1.70. The number of hydrogen-bond acceptors (Lipinski definition) is 6. The van der Waals surface area contributed by atoms with Crippen molar-refractivity contribution in [1.29, 1.82) is 0 Å². The molecule has 0 aromatic heterocycles. The lowest BCUT2D eigenvalue weighted by molar-refractivity contribution is -0.114. The summed E-state index contributed by atoms with van der Waals surface area (Å²) < 4.78 is 5.54. The number of phenols is 2. The third-order valence-corrected chi connectivity index (χ3v) is 4.47. The molecule has 2 rings (SSSR count). The molecule has 6 heteroatoms. The first-order valence-corrected chi connectivity index (χ1v) is 8.91. The lowest BCUT2D eigenvalue weighted by atomic mass is 9.96. The van der Waals surface area contributed by atoms with Crippen molar-refractivity contribution < 1.29 is 29.6 Å². The molecule has 2 atom stereocenters. The van der Waals surface area contributed by atoms with Crippen LogP contribution in [0.25, 0.3) is 0 Å². The first-order chi connectivity index (χ1) is 12.3. The number of esters is 1. The Labute approximate surface area is 153 Å². The number of benzene rings is 1. The number of hydrogen-bond donors (Lipinski definition) is 3. The van der Waals surface area contributed by atoms with Gasteiger partial charge in [0.15, 0.2) is 5.78 Å². The molecule has 1 aromatic rings. The molecule has 1 aromatic carbocycles. The number of carbonyl (C=O) groups is 2. The van der Waals surface area contributed by atoms with Gasteiger partial charge in [0.2, 0.25) is 0 Å². The predicted molar refractivity (Wildman–Crippen MR) is 96.1 cm³/mol. The molecule has 0 amide bonds. The van der Waals surface area contributed by atoms with Crippen LogP contribution in [0.5, 0.6) is 11.5 Å².